The second-order valence-corrected chi connectivity index (χ2v) is 20.4. The number of hydrogen-bond donors (Lipinski definition) is 0. The molecule has 0 N–H and O–H groups in total. The van der Waals surface area contributed by atoms with Crippen LogP contribution < -0.4 is 10.4 Å². The van der Waals surface area contributed by atoms with Gasteiger partial charge < -0.3 is 0 Å². The molecule has 0 bridgehead atoms. The van der Waals surface area contributed by atoms with E-state index in [4.69, 9.17) is 9.97 Å². The highest BCUT2D eigenvalue weighted by atomic mass is 28.3. The minimum absolute atomic E-state index is 0.441. The normalized spacial score (nSPS) is 14.0. The first kappa shape index (κ1) is 34.3. The zero-order valence-electron chi connectivity index (χ0n) is 32.5. The van der Waals surface area contributed by atoms with Gasteiger partial charge in [0.05, 0.1) is 16.8 Å². The Morgan fingerprint density at radius 3 is 1.47 bits per heavy atom. The van der Waals surface area contributed by atoms with Crippen molar-refractivity contribution in [3.8, 4) is 67.3 Å². The summed E-state index contributed by atoms with van der Waals surface area (Å²) < 4.78 is 0. The first-order valence-electron chi connectivity index (χ1n) is 20.2. The molecular weight excluding hydrogens is 717 g/mol. The molecule has 0 saturated carbocycles. The maximum Gasteiger partial charge on any atom is 0.160 e. The van der Waals surface area contributed by atoms with Crippen LogP contribution in [0, 0.1) is 0 Å². The van der Waals surface area contributed by atoms with Gasteiger partial charge in [0.15, 0.2) is 5.82 Å². The van der Waals surface area contributed by atoms with Crippen LogP contribution in [0.4, 0.5) is 0 Å². The van der Waals surface area contributed by atoms with Gasteiger partial charge in [-0.05, 0) is 89.8 Å². The minimum atomic E-state index is -2.03. The Bertz CT molecular complexity index is 2990. The van der Waals surface area contributed by atoms with Crippen LogP contribution in [0.3, 0.4) is 0 Å². The van der Waals surface area contributed by atoms with E-state index in [1.807, 2.05) is 0 Å². The highest BCUT2D eigenvalue weighted by molar-refractivity contribution is 7.04. The van der Waals surface area contributed by atoms with E-state index < -0.39 is 13.5 Å². The molecule has 11 rings (SSSR count). The predicted molar refractivity (Wildman–Crippen MR) is 243 cm³/mol. The maximum absolute atomic E-state index is 5.40. The van der Waals surface area contributed by atoms with E-state index in [0.717, 1.165) is 39.5 Å². The molecule has 9 aromatic rings. The van der Waals surface area contributed by atoms with Crippen LogP contribution in [0.25, 0.3) is 67.3 Å². The van der Waals surface area contributed by atoms with Crippen LogP contribution in [-0.4, -0.2) is 18.0 Å². The van der Waals surface area contributed by atoms with Crippen molar-refractivity contribution in [1.82, 2.24) is 9.97 Å². The topological polar surface area (TPSA) is 25.8 Å². The molecule has 2 heterocycles. The van der Waals surface area contributed by atoms with Crippen LogP contribution in [0.5, 0.6) is 0 Å². The Balaban J connectivity index is 1.02. The van der Waals surface area contributed by atoms with Gasteiger partial charge in [0.2, 0.25) is 0 Å². The minimum Gasteiger partial charge on any atom is -0.228 e. The van der Waals surface area contributed by atoms with Gasteiger partial charge in [-0.1, -0.05) is 201 Å². The van der Waals surface area contributed by atoms with Gasteiger partial charge >= 0.3 is 0 Å². The SMILES string of the molecule is C[Si]1(C)c2ccccc2-c2nc(-c3cccc(-c4cccc(-c5cccc(C6(c7ccccc7)c7ccccc7-c7ccccc76)c5)c4)c3)nc(-c3ccccc3)c21. The molecule has 1 aliphatic heterocycles. The average molecular weight is 757 g/mol. The molecule has 2 nitrogen and oxygen atoms in total. The Hall–Kier alpha value is -6.94. The summed E-state index contributed by atoms with van der Waals surface area (Å²) in [5.74, 6) is 0.758. The number of rotatable bonds is 6. The van der Waals surface area contributed by atoms with Crippen molar-refractivity contribution in [2.75, 3.05) is 0 Å². The fourth-order valence-corrected chi connectivity index (χ4v) is 13.1. The van der Waals surface area contributed by atoms with Gasteiger partial charge in [-0.15, -0.1) is 0 Å². The number of nitrogens with zero attached hydrogens (tertiary/aromatic N) is 2. The summed E-state index contributed by atoms with van der Waals surface area (Å²) in [5, 5.41) is 2.76. The van der Waals surface area contributed by atoms with Crippen LogP contribution in [0.15, 0.2) is 206 Å². The standard InChI is InChI=1S/C55H40N2Si/c1-58(2)50-33-14-11-30-47(50)52-53(58)51(37-18-5-3-6-19-37)56-54(57-52)42-24-16-22-40(35-42)38-20-15-21-39(34-38)41-23-17-27-44(36-41)55(43-25-7-4-8-26-43)48-31-12-9-28-45(48)46-29-10-13-32-49(46)55/h3-36H,1-2H3. The van der Waals surface area contributed by atoms with Gasteiger partial charge in [-0.2, -0.15) is 0 Å². The summed E-state index contributed by atoms with van der Waals surface area (Å²) in [5.41, 5.74) is 17.5. The zero-order chi connectivity index (χ0) is 38.8. The van der Waals surface area contributed by atoms with E-state index in [1.165, 1.54) is 60.4 Å². The summed E-state index contributed by atoms with van der Waals surface area (Å²) in [7, 11) is -2.03. The molecule has 0 saturated heterocycles. The van der Waals surface area contributed by atoms with Crippen LogP contribution in [0.2, 0.25) is 13.1 Å². The Kier molecular flexibility index (Phi) is 7.89. The molecule has 0 spiro atoms. The first-order valence-corrected chi connectivity index (χ1v) is 23.2. The van der Waals surface area contributed by atoms with E-state index in [2.05, 4.69) is 219 Å². The highest BCUT2D eigenvalue weighted by Gasteiger charge is 2.46. The van der Waals surface area contributed by atoms with Crippen LogP contribution >= 0.6 is 0 Å². The summed E-state index contributed by atoms with van der Waals surface area (Å²) in [4.78, 5) is 10.8. The number of fused-ring (bicyclic) bond motifs is 6. The fourth-order valence-electron chi connectivity index (χ4n) is 9.91. The molecule has 3 heteroatoms. The predicted octanol–water partition coefficient (Wildman–Crippen LogP) is 12.3. The molecule has 8 aromatic carbocycles. The highest BCUT2D eigenvalue weighted by Crippen LogP contribution is 2.56. The second-order valence-electron chi connectivity index (χ2n) is 16.1. The van der Waals surface area contributed by atoms with E-state index in [0.29, 0.717) is 0 Å². The van der Waals surface area contributed by atoms with E-state index in [1.54, 1.807) is 0 Å². The molecule has 0 radical (unpaired) electrons. The van der Waals surface area contributed by atoms with Gasteiger partial charge in [-0.3, -0.25) is 0 Å². The number of hydrogen-bond acceptors (Lipinski definition) is 2. The Morgan fingerprint density at radius 2 is 0.810 bits per heavy atom. The molecule has 2 aliphatic rings. The molecule has 0 atom stereocenters. The monoisotopic (exact) mass is 756 g/mol. The Morgan fingerprint density at radius 1 is 0.362 bits per heavy atom. The quantitative estimate of drug-likeness (QED) is 0.158. The van der Waals surface area contributed by atoms with Gasteiger partial charge in [-0.25, -0.2) is 9.97 Å². The third-order valence-corrected chi connectivity index (χ3v) is 16.0. The molecule has 0 unspecified atom stereocenters. The third-order valence-electron chi connectivity index (χ3n) is 12.5. The second kappa shape index (κ2) is 13.3. The van der Waals surface area contributed by atoms with E-state index in [9.17, 15) is 0 Å². The van der Waals surface area contributed by atoms with Crippen molar-refractivity contribution in [3.63, 3.8) is 0 Å². The van der Waals surface area contributed by atoms with Crippen LogP contribution in [-0.2, 0) is 5.41 Å². The lowest BCUT2D eigenvalue weighted by Gasteiger charge is -2.34. The number of benzene rings is 8. The summed E-state index contributed by atoms with van der Waals surface area (Å²) in [6, 6.07) is 75.3. The van der Waals surface area contributed by atoms with Crippen molar-refractivity contribution in [2.45, 2.75) is 18.5 Å². The van der Waals surface area contributed by atoms with Crippen molar-refractivity contribution in [3.05, 3.63) is 229 Å². The van der Waals surface area contributed by atoms with Crippen LogP contribution in [0.1, 0.15) is 22.3 Å². The molecular formula is C55H40N2Si. The molecule has 58 heavy (non-hydrogen) atoms. The van der Waals surface area contributed by atoms with E-state index in [-0.39, 0.29) is 0 Å². The van der Waals surface area contributed by atoms with Crippen molar-refractivity contribution in [1.29, 1.82) is 0 Å². The van der Waals surface area contributed by atoms with E-state index >= 15 is 0 Å². The summed E-state index contributed by atoms with van der Waals surface area (Å²) in [6.07, 6.45) is 0. The van der Waals surface area contributed by atoms with Gasteiger partial charge in [0, 0.05) is 11.1 Å². The number of aromatic nitrogens is 2. The lowest BCUT2D eigenvalue weighted by Crippen LogP contribution is -2.50. The fraction of sp³-hybridized carbons (Fsp3) is 0.0545. The first-order chi connectivity index (χ1) is 28.5. The molecule has 0 fully saturated rings. The average Bonchev–Trinajstić information content (AvgIpc) is 3.73. The lowest BCUT2D eigenvalue weighted by atomic mass is 9.67. The molecule has 0 amide bonds. The van der Waals surface area contributed by atoms with Crippen molar-refractivity contribution in [2.24, 2.45) is 0 Å². The summed E-state index contributed by atoms with van der Waals surface area (Å²) >= 11 is 0. The zero-order valence-corrected chi connectivity index (χ0v) is 33.5. The lowest BCUT2D eigenvalue weighted by molar-refractivity contribution is 0.769. The third kappa shape index (κ3) is 5.17. The smallest absolute Gasteiger partial charge is 0.160 e. The molecule has 274 valence electrons. The molecule has 1 aliphatic carbocycles. The maximum atomic E-state index is 5.40. The van der Waals surface area contributed by atoms with Crippen molar-refractivity contribution >= 4 is 18.4 Å². The molecule has 1 aromatic heterocycles. The van der Waals surface area contributed by atoms with Gasteiger partial charge in [0.25, 0.3) is 0 Å². The van der Waals surface area contributed by atoms with Gasteiger partial charge in [0.1, 0.15) is 8.07 Å². The largest absolute Gasteiger partial charge is 0.228 e. The summed E-state index contributed by atoms with van der Waals surface area (Å²) in [6.45, 7) is 4.87. The Labute approximate surface area is 341 Å². The van der Waals surface area contributed by atoms with Crippen molar-refractivity contribution < 1.29 is 0 Å².